The first-order chi connectivity index (χ1) is 12.9. The lowest BCUT2D eigenvalue weighted by molar-refractivity contribution is -0.139. The Morgan fingerprint density at radius 1 is 1.22 bits per heavy atom. The summed E-state index contributed by atoms with van der Waals surface area (Å²) in [4.78, 5) is 23.6. The summed E-state index contributed by atoms with van der Waals surface area (Å²) in [5, 5.41) is 16.2. The molecule has 2 aromatic carbocycles. The maximum Gasteiger partial charge on any atom is 0.329 e. The van der Waals surface area contributed by atoms with Gasteiger partial charge in [0.15, 0.2) is 11.5 Å². The van der Waals surface area contributed by atoms with E-state index in [2.05, 4.69) is 15.8 Å². The van der Waals surface area contributed by atoms with E-state index in [1.807, 2.05) is 60.7 Å². The number of hydrogen-bond acceptors (Lipinski definition) is 5. The Hall–Kier alpha value is -2.62. The van der Waals surface area contributed by atoms with Crippen molar-refractivity contribution in [1.82, 2.24) is 10.7 Å². The number of halogens is 1. The summed E-state index contributed by atoms with van der Waals surface area (Å²) in [5.74, 6) is -1.26. The molecular weight excluding hydrogens is 461 g/mol. The predicted molar refractivity (Wildman–Crippen MR) is 111 cm³/mol. The Balaban J connectivity index is 1.90. The van der Waals surface area contributed by atoms with Crippen LogP contribution in [0.1, 0.15) is 23.6 Å². The number of carbonyl (C=O) groups is 2. The van der Waals surface area contributed by atoms with E-state index >= 15 is 0 Å². The molecule has 27 heavy (non-hydrogen) atoms. The molecule has 0 saturated carbocycles. The van der Waals surface area contributed by atoms with Crippen molar-refractivity contribution in [3.63, 3.8) is 0 Å². The number of carbonyl (C=O) groups excluding carboxylic acids is 2. The minimum atomic E-state index is -0.864. The van der Waals surface area contributed by atoms with Gasteiger partial charge in [-0.2, -0.15) is 5.10 Å². The topological polar surface area (TPSA) is 100 Å². The number of nitrogens with one attached hydrogen (secondary N) is 2. The summed E-state index contributed by atoms with van der Waals surface area (Å²) in [6.45, 7) is 4.44. The van der Waals surface area contributed by atoms with E-state index in [9.17, 15) is 14.7 Å². The number of rotatable bonds is 6. The van der Waals surface area contributed by atoms with Gasteiger partial charge in [-0.05, 0) is 59.7 Å². The fourth-order valence-corrected chi connectivity index (χ4v) is 2.74. The van der Waals surface area contributed by atoms with Gasteiger partial charge in [0, 0.05) is 6.54 Å². The number of amides is 2. The highest BCUT2D eigenvalue weighted by atomic mass is 127. The van der Waals surface area contributed by atoms with E-state index in [1.54, 1.807) is 12.1 Å². The molecule has 0 aliphatic carbocycles. The van der Waals surface area contributed by atoms with Crippen LogP contribution in [0.3, 0.4) is 0 Å². The smallest absolute Gasteiger partial charge is 0.329 e. The molecule has 0 fully saturated rings. The molecule has 2 rings (SSSR count). The van der Waals surface area contributed by atoms with Crippen LogP contribution in [-0.2, 0) is 16.1 Å². The maximum absolute atomic E-state index is 11.8. The van der Waals surface area contributed by atoms with E-state index in [-0.39, 0.29) is 12.3 Å². The highest BCUT2D eigenvalue weighted by Gasteiger charge is 2.12. The Bertz CT molecular complexity index is 851. The van der Waals surface area contributed by atoms with Gasteiger partial charge in [0.25, 0.3) is 0 Å². The molecule has 0 radical (unpaired) electrons. The van der Waals surface area contributed by atoms with Crippen molar-refractivity contribution in [3.8, 4) is 11.5 Å². The molecule has 0 aliphatic rings. The van der Waals surface area contributed by atoms with Crippen LogP contribution in [0.5, 0.6) is 11.5 Å². The minimum Gasteiger partial charge on any atom is -0.504 e. The monoisotopic (exact) mass is 481 g/mol. The number of aryl methyl sites for hydroxylation is 1. The van der Waals surface area contributed by atoms with Gasteiger partial charge >= 0.3 is 11.8 Å². The van der Waals surface area contributed by atoms with Crippen molar-refractivity contribution in [3.05, 3.63) is 56.7 Å². The quantitative estimate of drug-likeness (QED) is 0.256. The number of phenols is 1. The summed E-state index contributed by atoms with van der Waals surface area (Å²) in [6.07, 6.45) is 1.37. The second kappa shape index (κ2) is 9.91. The van der Waals surface area contributed by atoms with Gasteiger partial charge in [0.1, 0.15) is 0 Å². The van der Waals surface area contributed by atoms with Gasteiger partial charge in [-0.25, -0.2) is 5.43 Å². The number of aromatic hydroxyl groups is 1. The first-order valence-electron chi connectivity index (χ1n) is 8.22. The first-order valence-corrected chi connectivity index (χ1v) is 9.30. The summed E-state index contributed by atoms with van der Waals surface area (Å²) in [7, 11) is 0. The van der Waals surface area contributed by atoms with Crippen molar-refractivity contribution in [2.45, 2.75) is 20.4 Å². The van der Waals surface area contributed by atoms with Gasteiger partial charge in [-0.15, -0.1) is 0 Å². The Morgan fingerprint density at radius 2 is 1.93 bits per heavy atom. The van der Waals surface area contributed by atoms with Gasteiger partial charge in [0.2, 0.25) is 0 Å². The summed E-state index contributed by atoms with van der Waals surface area (Å²) < 4.78 is 5.92. The van der Waals surface area contributed by atoms with E-state index in [4.69, 9.17) is 4.74 Å². The Labute approximate surface area is 171 Å². The molecule has 0 heterocycles. The average molecular weight is 481 g/mol. The van der Waals surface area contributed by atoms with Gasteiger partial charge in [0.05, 0.1) is 16.4 Å². The molecule has 0 atom stereocenters. The number of hydrogen-bond donors (Lipinski definition) is 3. The number of ether oxygens (including phenoxy) is 1. The van der Waals surface area contributed by atoms with E-state index in [0.717, 1.165) is 11.1 Å². The molecule has 0 bridgehead atoms. The van der Waals surface area contributed by atoms with Crippen LogP contribution in [0, 0.1) is 10.5 Å². The zero-order valence-electron chi connectivity index (χ0n) is 15.0. The third-order valence-electron chi connectivity index (χ3n) is 3.51. The van der Waals surface area contributed by atoms with Crippen LogP contribution in [0.4, 0.5) is 0 Å². The van der Waals surface area contributed by atoms with Crippen molar-refractivity contribution in [2.24, 2.45) is 5.10 Å². The fourth-order valence-electron chi connectivity index (χ4n) is 2.12. The third-order valence-corrected chi connectivity index (χ3v) is 4.33. The van der Waals surface area contributed by atoms with Gasteiger partial charge in [-0.1, -0.05) is 29.8 Å². The zero-order valence-corrected chi connectivity index (χ0v) is 17.1. The van der Waals surface area contributed by atoms with Crippen LogP contribution in [0.2, 0.25) is 0 Å². The van der Waals surface area contributed by atoms with Crippen LogP contribution in [0.25, 0.3) is 0 Å². The third kappa shape index (κ3) is 6.24. The fraction of sp³-hybridized carbons (Fsp3) is 0.211. The first kappa shape index (κ1) is 20.7. The Kier molecular flexibility index (Phi) is 7.59. The standard InChI is InChI=1S/C19H20IN3O4/c1-3-27-16-9-14(8-15(20)17(16)24)11-22-23-19(26)18(25)21-10-13-6-4-12(2)5-7-13/h4-9,11,24H,3,10H2,1-2H3,(H,21,25)(H,23,26)/b22-11-. The second-order valence-corrected chi connectivity index (χ2v) is 6.81. The van der Waals surface area contributed by atoms with Gasteiger partial charge < -0.3 is 15.2 Å². The zero-order chi connectivity index (χ0) is 19.8. The summed E-state index contributed by atoms with van der Waals surface area (Å²) in [5.41, 5.74) is 4.80. The molecule has 0 saturated heterocycles. The van der Waals surface area contributed by atoms with Crippen LogP contribution < -0.4 is 15.5 Å². The van der Waals surface area contributed by atoms with Crippen LogP contribution >= 0.6 is 22.6 Å². The molecule has 2 aromatic rings. The van der Waals surface area contributed by atoms with E-state index in [0.29, 0.717) is 21.5 Å². The van der Waals surface area contributed by atoms with Crippen molar-refractivity contribution in [2.75, 3.05) is 6.61 Å². The van der Waals surface area contributed by atoms with Crippen molar-refractivity contribution < 1.29 is 19.4 Å². The number of phenolic OH excluding ortho intramolecular Hbond substituents is 1. The number of benzene rings is 2. The second-order valence-electron chi connectivity index (χ2n) is 5.65. The molecule has 142 valence electrons. The van der Waals surface area contributed by atoms with Crippen LogP contribution in [0.15, 0.2) is 41.5 Å². The molecule has 3 N–H and O–H groups in total. The molecule has 0 aromatic heterocycles. The number of hydrazone groups is 1. The highest BCUT2D eigenvalue weighted by molar-refractivity contribution is 14.1. The molecule has 0 unspecified atom stereocenters. The molecule has 7 nitrogen and oxygen atoms in total. The van der Waals surface area contributed by atoms with Crippen molar-refractivity contribution in [1.29, 1.82) is 0 Å². The van der Waals surface area contributed by atoms with Gasteiger partial charge in [-0.3, -0.25) is 9.59 Å². The normalized spacial score (nSPS) is 10.6. The maximum atomic E-state index is 11.8. The summed E-state index contributed by atoms with van der Waals surface area (Å²) >= 11 is 1.97. The van der Waals surface area contributed by atoms with Crippen molar-refractivity contribution >= 4 is 40.6 Å². The summed E-state index contributed by atoms with van der Waals surface area (Å²) in [6, 6.07) is 10.9. The molecule has 2 amide bonds. The lowest BCUT2D eigenvalue weighted by Gasteiger charge is -2.08. The average Bonchev–Trinajstić information content (AvgIpc) is 2.65. The van der Waals surface area contributed by atoms with E-state index < -0.39 is 11.8 Å². The number of nitrogens with zero attached hydrogens (tertiary/aromatic N) is 1. The predicted octanol–water partition coefficient (Wildman–Crippen LogP) is 2.47. The SMILES string of the molecule is CCOc1cc(/C=N\NC(=O)C(=O)NCc2ccc(C)cc2)cc(I)c1O. The molecule has 0 spiro atoms. The molecule has 8 heteroatoms. The minimum absolute atomic E-state index is 0.0501. The highest BCUT2D eigenvalue weighted by Crippen LogP contribution is 2.32. The lowest BCUT2D eigenvalue weighted by Crippen LogP contribution is -2.37. The van der Waals surface area contributed by atoms with E-state index in [1.165, 1.54) is 6.21 Å². The molecule has 0 aliphatic heterocycles. The Morgan fingerprint density at radius 3 is 2.59 bits per heavy atom. The van der Waals surface area contributed by atoms with Crippen LogP contribution in [-0.4, -0.2) is 29.7 Å². The molecular formula is C19H20IN3O4. The lowest BCUT2D eigenvalue weighted by atomic mass is 10.1. The largest absolute Gasteiger partial charge is 0.504 e.